The van der Waals surface area contributed by atoms with Crippen molar-refractivity contribution in [2.75, 3.05) is 0 Å². The van der Waals surface area contributed by atoms with Gasteiger partial charge in [0.1, 0.15) is 5.01 Å². The van der Waals surface area contributed by atoms with E-state index >= 15 is 0 Å². The van der Waals surface area contributed by atoms with Crippen LogP contribution in [0.1, 0.15) is 6.92 Å². The first-order chi connectivity index (χ1) is 2.94. The first-order valence-corrected chi connectivity index (χ1v) is 3.31. The van der Waals surface area contributed by atoms with Crippen LogP contribution in [0.4, 0.5) is 0 Å². The van der Waals surface area contributed by atoms with E-state index in [0.717, 1.165) is 0 Å². The lowest BCUT2D eigenvalue weighted by molar-refractivity contribution is 0.257. The third-order valence-corrected chi connectivity index (χ3v) is 2.27. The average molecular weight is 208 g/mol. The van der Waals surface area contributed by atoms with Gasteiger partial charge in [-0.15, -0.1) is 0 Å². The molecule has 0 amide bonds. The van der Waals surface area contributed by atoms with Crippen molar-refractivity contribution in [1.82, 2.24) is 0 Å². The van der Waals surface area contributed by atoms with Crippen LogP contribution in [0.3, 0.4) is 0 Å². The molecule has 0 heterocycles. The van der Waals surface area contributed by atoms with Crippen LogP contribution in [0, 0.1) is 0 Å². The first-order valence-electron chi connectivity index (χ1n) is 1.64. The molecule has 0 saturated carbocycles. The fraction of sp³-hybridized carbons (Fsp3) is 1.00. The van der Waals surface area contributed by atoms with Crippen molar-refractivity contribution in [2.24, 2.45) is 0 Å². The van der Waals surface area contributed by atoms with Crippen LogP contribution in [-0.2, 0) is 0 Å². The van der Waals surface area contributed by atoms with Crippen LogP contribution in [-0.4, -0.2) is 14.5 Å². The van der Waals surface area contributed by atoms with Crippen LogP contribution < -0.4 is 0 Å². The van der Waals surface area contributed by atoms with Gasteiger partial charge in [0, 0.05) is 0 Å². The monoisotopic (exact) mass is 206 g/mol. The van der Waals surface area contributed by atoms with E-state index in [9.17, 15) is 0 Å². The highest BCUT2D eigenvalue weighted by Crippen LogP contribution is 2.27. The van der Waals surface area contributed by atoms with Crippen molar-refractivity contribution in [1.29, 1.82) is 0 Å². The van der Waals surface area contributed by atoms with Crippen LogP contribution >= 0.6 is 39.1 Å². The SMILES string of the molecule is CC(Cl)(Cl)C(O)Br. The maximum absolute atomic E-state index is 8.54. The van der Waals surface area contributed by atoms with Gasteiger partial charge in [0.15, 0.2) is 4.33 Å². The molecule has 44 valence electrons. The summed E-state index contributed by atoms with van der Waals surface area (Å²) in [6, 6.07) is 0. The Morgan fingerprint density at radius 1 is 1.71 bits per heavy atom. The van der Waals surface area contributed by atoms with Crippen LogP contribution in [0.15, 0.2) is 0 Å². The highest BCUT2D eigenvalue weighted by molar-refractivity contribution is 9.09. The van der Waals surface area contributed by atoms with Gasteiger partial charge in [0.05, 0.1) is 0 Å². The van der Waals surface area contributed by atoms with E-state index in [1.807, 2.05) is 0 Å². The zero-order valence-corrected chi connectivity index (χ0v) is 6.76. The minimum atomic E-state index is -1.08. The highest BCUT2D eigenvalue weighted by atomic mass is 79.9. The first kappa shape index (κ1) is 8.02. The summed E-state index contributed by atoms with van der Waals surface area (Å²) in [5, 5.41) is 7.68. The summed E-state index contributed by atoms with van der Waals surface area (Å²) in [4.78, 5) is 0. The summed E-state index contributed by atoms with van der Waals surface area (Å²) in [6.07, 6.45) is 0. The van der Waals surface area contributed by atoms with Crippen molar-refractivity contribution in [2.45, 2.75) is 16.3 Å². The maximum Gasteiger partial charge on any atom is 0.151 e. The highest BCUT2D eigenvalue weighted by Gasteiger charge is 2.24. The van der Waals surface area contributed by atoms with Crippen molar-refractivity contribution >= 4 is 39.1 Å². The van der Waals surface area contributed by atoms with E-state index in [0.29, 0.717) is 0 Å². The molecule has 4 heteroatoms. The second kappa shape index (κ2) is 2.53. The summed E-state index contributed by atoms with van der Waals surface area (Å²) in [7, 11) is 0. The summed E-state index contributed by atoms with van der Waals surface area (Å²) in [5.74, 6) is 0. The molecule has 7 heavy (non-hydrogen) atoms. The van der Waals surface area contributed by atoms with Crippen molar-refractivity contribution in [3.8, 4) is 0 Å². The molecule has 0 aliphatic heterocycles. The summed E-state index contributed by atoms with van der Waals surface area (Å²) in [6.45, 7) is 1.50. The Bertz CT molecular complexity index is 58.4. The standard InChI is InChI=1S/C3H5BrCl2O/c1-3(5,6)2(4)7/h2,7H,1H3. The van der Waals surface area contributed by atoms with Crippen molar-refractivity contribution < 1.29 is 5.11 Å². The Morgan fingerprint density at radius 2 is 1.86 bits per heavy atom. The molecule has 1 unspecified atom stereocenters. The van der Waals surface area contributed by atoms with Crippen LogP contribution in [0.5, 0.6) is 0 Å². The van der Waals surface area contributed by atoms with Crippen LogP contribution in [0.2, 0.25) is 0 Å². The molecule has 0 aromatic heterocycles. The molecular weight excluding hydrogens is 203 g/mol. The fourth-order valence-corrected chi connectivity index (χ4v) is 0. The summed E-state index contributed by atoms with van der Waals surface area (Å²) >= 11 is 13.5. The molecule has 0 bridgehead atoms. The number of rotatable bonds is 1. The Morgan fingerprint density at radius 3 is 1.86 bits per heavy atom. The van der Waals surface area contributed by atoms with E-state index in [1.54, 1.807) is 0 Å². The lowest BCUT2D eigenvalue weighted by Crippen LogP contribution is -2.20. The lowest BCUT2D eigenvalue weighted by atomic mass is 10.5. The third-order valence-electron chi connectivity index (χ3n) is 0.418. The molecule has 0 fully saturated rings. The van der Waals surface area contributed by atoms with E-state index in [2.05, 4.69) is 15.9 Å². The average Bonchev–Trinajstić information content (AvgIpc) is 1.31. The van der Waals surface area contributed by atoms with Gasteiger partial charge in [-0.2, -0.15) is 0 Å². The molecular formula is C3H5BrCl2O. The molecule has 0 saturated heterocycles. The molecule has 1 N–H and O–H groups in total. The summed E-state index contributed by atoms with van der Waals surface area (Å²) in [5.41, 5.74) is 0. The largest absolute Gasteiger partial charge is 0.379 e. The van der Waals surface area contributed by atoms with Crippen LogP contribution in [0.25, 0.3) is 0 Å². The number of halogens is 3. The molecule has 0 rings (SSSR count). The third kappa shape index (κ3) is 3.59. The molecule has 0 radical (unpaired) electrons. The van der Waals surface area contributed by atoms with Gasteiger partial charge in [-0.1, -0.05) is 39.1 Å². The minimum absolute atomic E-state index is 0.858. The van der Waals surface area contributed by atoms with Crippen molar-refractivity contribution in [3.05, 3.63) is 0 Å². The Hall–Kier alpha value is 1.02. The smallest absolute Gasteiger partial charge is 0.151 e. The zero-order valence-electron chi connectivity index (χ0n) is 3.66. The van der Waals surface area contributed by atoms with Gasteiger partial charge in [-0.05, 0) is 6.92 Å². The van der Waals surface area contributed by atoms with Gasteiger partial charge in [-0.25, -0.2) is 0 Å². The molecule has 0 aliphatic carbocycles. The summed E-state index contributed by atoms with van der Waals surface area (Å²) < 4.78 is -1.08. The Kier molecular flexibility index (Phi) is 2.90. The normalized spacial score (nSPS) is 16.7. The fourth-order valence-electron chi connectivity index (χ4n) is 0. The number of alkyl halides is 3. The minimum Gasteiger partial charge on any atom is -0.379 e. The van der Waals surface area contributed by atoms with E-state index in [1.165, 1.54) is 6.92 Å². The second-order valence-corrected chi connectivity index (χ2v) is 3.92. The number of hydrogen-bond donors (Lipinski definition) is 1. The maximum atomic E-state index is 8.54. The van der Waals surface area contributed by atoms with Crippen molar-refractivity contribution in [3.63, 3.8) is 0 Å². The predicted molar refractivity (Wildman–Crippen MR) is 35.0 cm³/mol. The second-order valence-electron chi connectivity index (χ2n) is 1.29. The quantitative estimate of drug-likeness (QED) is 0.652. The number of aliphatic hydroxyl groups excluding tert-OH is 1. The molecule has 0 aromatic carbocycles. The van der Waals surface area contributed by atoms with E-state index in [-0.39, 0.29) is 0 Å². The molecule has 1 atom stereocenters. The Balaban J connectivity index is 3.54. The number of hydrogen-bond acceptors (Lipinski definition) is 1. The van der Waals surface area contributed by atoms with E-state index in [4.69, 9.17) is 28.3 Å². The van der Waals surface area contributed by atoms with Gasteiger partial charge in [0.2, 0.25) is 0 Å². The Labute approximate surface area is 60.7 Å². The number of aliphatic hydroxyl groups is 1. The van der Waals surface area contributed by atoms with Gasteiger partial charge < -0.3 is 5.11 Å². The predicted octanol–water partition coefficient (Wildman–Crippen LogP) is 1.89. The molecule has 0 spiro atoms. The van der Waals surface area contributed by atoms with Gasteiger partial charge in [-0.3, -0.25) is 0 Å². The topological polar surface area (TPSA) is 20.2 Å². The molecule has 0 aromatic rings. The molecule has 1 nitrogen and oxygen atoms in total. The zero-order chi connectivity index (χ0) is 6.08. The van der Waals surface area contributed by atoms with Gasteiger partial charge in [0.25, 0.3) is 0 Å². The lowest BCUT2D eigenvalue weighted by Gasteiger charge is -2.13. The van der Waals surface area contributed by atoms with Gasteiger partial charge >= 0.3 is 0 Å². The molecule has 0 aliphatic rings. The van der Waals surface area contributed by atoms with E-state index < -0.39 is 9.35 Å².